The second-order valence-corrected chi connectivity index (χ2v) is 35.5. The molecule has 0 spiro atoms. The quantitative estimate of drug-likeness (QED) is 0.0456. The van der Waals surface area contributed by atoms with Crippen LogP contribution in [0, 0.1) is 0 Å². The number of hydrazine groups is 1. The minimum atomic E-state index is -3.93. The number of anilines is 6. The van der Waals surface area contributed by atoms with Crippen molar-refractivity contribution in [1.82, 2.24) is 76.5 Å². The maximum atomic E-state index is 12.9. The first-order valence-corrected chi connectivity index (χ1v) is 39.2. The first-order valence-electron chi connectivity index (χ1n) is 34.6. The molecule has 3 aliphatic heterocycles. The molecular formula is C73H85ClN22O12S3. The zero-order valence-corrected chi connectivity index (χ0v) is 66.3. The van der Waals surface area contributed by atoms with E-state index in [0.717, 1.165) is 46.0 Å². The number of aromatic amines is 1. The second-order valence-electron chi connectivity index (χ2n) is 30.3. The number of urea groups is 4. The van der Waals surface area contributed by atoms with Gasteiger partial charge in [0.15, 0.2) is 0 Å². The van der Waals surface area contributed by atoms with Crippen LogP contribution in [0.5, 0.6) is 0 Å². The molecule has 0 aliphatic carbocycles. The SMILES string of the molecule is CC(C)(C)c1cc(NC(=O)Nc2ccc(Cl)cc2)n(-c2ccc(CN3C(C)(C)C(=O)NS3(=O)=O)cc2)n1.CC(C)(C)c1cc(NC(=O)Nc2ccncn2)n(-c2ccc(CN3C(C)(C)C(=O)NS3(=O)=O)cc2)n1.CN1C(=O)NS(=O)(=O)N1Cc1ccc(-n2nc(C(C)(C)C)cc2NC(=O)Nc2ccc3[nH]ccc3c2)cc1. The van der Waals surface area contributed by atoms with E-state index < -0.39 is 77.6 Å². The first-order chi connectivity index (χ1) is 51.8. The van der Waals surface area contributed by atoms with Gasteiger partial charge in [0, 0.05) is 94.3 Å². The molecule has 38 heteroatoms. The number of H-pyrrole nitrogens is 1. The number of aromatic nitrogens is 9. The maximum Gasteiger partial charge on any atom is 0.347 e. The molecule has 584 valence electrons. The summed E-state index contributed by atoms with van der Waals surface area (Å²) >= 11 is 5.91. The van der Waals surface area contributed by atoms with Gasteiger partial charge in [-0.05, 0) is 135 Å². The highest BCUT2D eigenvalue weighted by atomic mass is 35.5. The van der Waals surface area contributed by atoms with Crippen LogP contribution in [0.2, 0.25) is 5.02 Å². The first kappa shape index (κ1) is 80.4. The lowest BCUT2D eigenvalue weighted by Crippen LogP contribution is -2.43. The fourth-order valence-electron chi connectivity index (χ4n) is 11.3. The molecule has 0 unspecified atom stereocenters. The number of fused-ring (bicyclic) bond motifs is 1. The summed E-state index contributed by atoms with van der Waals surface area (Å²) in [6.07, 6.45) is 4.69. The number of nitrogens with one attached hydrogen (secondary N) is 10. The normalized spacial score (nSPS) is 16.5. The van der Waals surface area contributed by atoms with Crippen molar-refractivity contribution in [3.63, 3.8) is 0 Å². The van der Waals surface area contributed by atoms with Gasteiger partial charge in [-0.25, -0.2) is 62.4 Å². The summed E-state index contributed by atoms with van der Waals surface area (Å²) in [6, 6.07) is 40.4. The molecule has 0 bridgehead atoms. The van der Waals surface area contributed by atoms with Crippen LogP contribution in [0.4, 0.5) is 53.8 Å². The van der Waals surface area contributed by atoms with Gasteiger partial charge in [-0.2, -0.15) is 49.2 Å². The summed E-state index contributed by atoms with van der Waals surface area (Å²) in [7, 11) is -10.4. The third-order valence-corrected chi connectivity index (χ3v) is 22.7. The molecule has 34 nitrogen and oxygen atoms in total. The Morgan fingerprint density at radius 2 is 0.865 bits per heavy atom. The van der Waals surface area contributed by atoms with Crippen molar-refractivity contribution in [3.05, 3.63) is 203 Å². The molecule has 111 heavy (non-hydrogen) atoms. The molecule has 10 aromatic rings. The summed E-state index contributed by atoms with van der Waals surface area (Å²) < 4.78 is 88.0. The van der Waals surface area contributed by atoms with Gasteiger partial charge in [-0.1, -0.05) is 115 Å². The fourth-order valence-corrected chi connectivity index (χ4v) is 15.8. The van der Waals surface area contributed by atoms with Crippen LogP contribution in [-0.4, -0.2) is 142 Å². The minimum Gasteiger partial charge on any atom is -0.361 e. The lowest BCUT2D eigenvalue weighted by molar-refractivity contribution is -0.125. The Kier molecular flexibility index (Phi) is 22.2. The van der Waals surface area contributed by atoms with Gasteiger partial charge in [-0.15, -0.1) is 0 Å². The van der Waals surface area contributed by atoms with Gasteiger partial charge in [0.05, 0.1) is 40.7 Å². The van der Waals surface area contributed by atoms with E-state index in [1.807, 2.05) is 119 Å². The smallest absolute Gasteiger partial charge is 0.347 e. The molecule has 0 atom stereocenters. The van der Waals surface area contributed by atoms with E-state index in [-0.39, 0.29) is 35.9 Å². The monoisotopic (exact) mass is 1590 g/mol. The van der Waals surface area contributed by atoms with Gasteiger partial charge in [0.25, 0.3) is 11.8 Å². The predicted octanol–water partition coefficient (Wildman–Crippen LogP) is 10.9. The van der Waals surface area contributed by atoms with Crippen molar-refractivity contribution in [1.29, 1.82) is 0 Å². The molecule has 3 saturated heterocycles. The molecule has 10 amide bonds. The van der Waals surface area contributed by atoms with E-state index >= 15 is 0 Å². The molecule has 3 aliphatic rings. The second kappa shape index (κ2) is 30.7. The van der Waals surface area contributed by atoms with Crippen molar-refractivity contribution in [2.45, 2.75) is 137 Å². The summed E-state index contributed by atoms with van der Waals surface area (Å²) in [5.74, 6) is 0.588. The molecule has 0 saturated carbocycles. The van der Waals surface area contributed by atoms with Gasteiger partial charge >= 0.3 is 54.8 Å². The van der Waals surface area contributed by atoms with Crippen molar-refractivity contribution in [2.24, 2.45) is 0 Å². The summed E-state index contributed by atoms with van der Waals surface area (Å²) in [4.78, 5) is 85.1. The number of benzene rings is 5. The fraction of sp³-hybridized carbons (Fsp3) is 0.301. The van der Waals surface area contributed by atoms with E-state index in [1.165, 1.54) is 19.6 Å². The molecule has 10 N–H and O–H groups in total. The Hall–Kier alpha value is -11.6. The lowest BCUT2D eigenvalue weighted by Gasteiger charge is -2.25. The van der Waals surface area contributed by atoms with Crippen LogP contribution in [-0.2, 0) is 76.1 Å². The number of halogens is 1. The maximum absolute atomic E-state index is 12.9. The Labute approximate surface area is 646 Å². The highest BCUT2D eigenvalue weighted by Crippen LogP contribution is 2.34. The third-order valence-electron chi connectivity index (χ3n) is 17.9. The molecule has 8 heterocycles. The van der Waals surface area contributed by atoms with Crippen LogP contribution < -0.4 is 46.1 Å². The standard InChI is InChI=1S/C25H29ClN6O4S.C25H28N8O4S.C23H28N8O4S/c1-24(2,3)20-14-21(28-23(34)27-18-10-8-17(26)9-11-18)32(29-20)19-12-6-16(7-13-19)15-31-25(4,5)22(33)30-37(31,35)36;1-25(2,3)21-14-22(28-23(34)27-18-7-10-20-17(13-18)11-12-26-20)33(29-21)19-8-5-16(6-9-19)15-32-31(4)24(35)30-38(32,36)37;1-22(2,3)17-12-19(27-21(33)26-18-10-11-24-14-25-18)31(28-17)16-8-6-15(7-9-16)13-30-23(4,5)20(32)29-36(30,34)35/h6-14H,15H2,1-5H3,(H,30,33)(H2,27,28,34);5-14,26H,15H2,1-4H3,(H,30,35)(H2,27,28,34);6-12,14H,13H2,1-5H3,(H,29,32)(H2,24,25,26,27,33). The van der Waals surface area contributed by atoms with Crippen LogP contribution >= 0.6 is 11.6 Å². The Bertz CT molecular complexity index is 5560. The van der Waals surface area contributed by atoms with E-state index in [4.69, 9.17) is 21.8 Å². The van der Waals surface area contributed by atoms with Crippen LogP contribution in [0.25, 0.3) is 28.0 Å². The molecule has 3 fully saturated rings. The number of carbonyl (C=O) groups is 6. The Balaban J connectivity index is 0.000000165. The molecule has 13 rings (SSSR count). The molecule has 0 radical (unpaired) electrons. The summed E-state index contributed by atoms with van der Waals surface area (Å²) in [6.45, 7) is 24.5. The highest BCUT2D eigenvalue weighted by Gasteiger charge is 2.51. The lowest BCUT2D eigenvalue weighted by atomic mass is 9.92. The van der Waals surface area contributed by atoms with Crippen molar-refractivity contribution in [2.75, 3.05) is 38.9 Å². The van der Waals surface area contributed by atoms with Gasteiger partial charge in [-0.3, -0.25) is 30.9 Å². The van der Waals surface area contributed by atoms with Crippen LogP contribution in [0.3, 0.4) is 0 Å². The topological polar surface area (TPSA) is 421 Å². The van der Waals surface area contributed by atoms with Gasteiger partial charge in [0.2, 0.25) is 0 Å². The minimum absolute atomic E-state index is 0.0210. The number of nitrogens with zero attached hydrogens (tertiary/aromatic N) is 12. The average Bonchev–Trinajstić information content (AvgIpc) is 1.61. The van der Waals surface area contributed by atoms with E-state index in [9.17, 15) is 54.0 Å². The van der Waals surface area contributed by atoms with Gasteiger partial charge in [0.1, 0.15) is 40.7 Å². The summed E-state index contributed by atoms with van der Waals surface area (Å²) in [5.41, 5.74) is 5.33. The number of carbonyl (C=O) groups excluding carboxylic acids is 6. The number of amides is 10. The van der Waals surface area contributed by atoms with E-state index in [2.05, 4.69) is 52.0 Å². The van der Waals surface area contributed by atoms with E-state index in [1.54, 1.807) is 151 Å². The summed E-state index contributed by atoms with van der Waals surface area (Å²) in [5, 5.41) is 33.5. The van der Waals surface area contributed by atoms with Crippen molar-refractivity contribution in [3.8, 4) is 17.1 Å². The van der Waals surface area contributed by atoms with Crippen molar-refractivity contribution < 1.29 is 54.0 Å². The zero-order valence-electron chi connectivity index (χ0n) is 63.1. The highest BCUT2D eigenvalue weighted by molar-refractivity contribution is 7.88. The predicted molar refractivity (Wildman–Crippen MR) is 421 cm³/mol. The zero-order chi connectivity index (χ0) is 80.7. The van der Waals surface area contributed by atoms with Gasteiger partial charge < -0.3 is 15.6 Å². The number of rotatable bonds is 15. The van der Waals surface area contributed by atoms with Crippen molar-refractivity contribution >= 4 is 124 Å². The largest absolute Gasteiger partial charge is 0.361 e. The number of hydrogen-bond acceptors (Lipinski definition) is 17. The third kappa shape index (κ3) is 18.5. The van der Waals surface area contributed by atoms with Crippen LogP contribution in [0.15, 0.2) is 164 Å². The average molecular weight is 1590 g/mol. The Morgan fingerprint density at radius 1 is 0.468 bits per heavy atom. The van der Waals surface area contributed by atoms with E-state index in [0.29, 0.717) is 73.4 Å². The molecule has 5 aromatic heterocycles. The Morgan fingerprint density at radius 3 is 1.23 bits per heavy atom. The molecular weight excluding hydrogens is 1510 g/mol. The number of hydrogen-bond donors (Lipinski definition) is 10. The van der Waals surface area contributed by atoms with Crippen LogP contribution in [0.1, 0.15) is 124 Å². The molecule has 5 aromatic carbocycles.